The van der Waals surface area contributed by atoms with Crippen molar-refractivity contribution in [3.05, 3.63) is 70.5 Å². The molecule has 1 heterocycles. The molecule has 3 aromatic rings. The van der Waals surface area contributed by atoms with E-state index in [2.05, 4.69) is 0 Å². The van der Waals surface area contributed by atoms with Gasteiger partial charge in [-0.2, -0.15) is 4.31 Å². The van der Waals surface area contributed by atoms with Gasteiger partial charge in [0.2, 0.25) is 10.0 Å². The first kappa shape index (κ1) is 17.1. The van der Waals surface area contributed by atoms with Gasteiger partial charge in [0.15, 0.2) is 0 Å². The summed E-state index contributed by atoms with van der Waals surface area (Å²) in [6, 6.07) is 13.5. The number of fused-ring (bicyclic) bond motifs is 1. The highest BCUT2D eigenvalue weighted by Crippen LogP contribution is 2.30. The number of nitro groups is 1. The normalized spacial score (nSPS) is 13.2. The number of non-ortho nitro benzene ring substituents is 1. The summed E-state index contributed by atoms with van der Waals surface area (Å²) in [4.78, 5) is 10.1. The molecule has 7 nitrogen and oxygen atoms in total. The van der Waals surface area contributed by atoms with Crippen molar-refractivity contribution in [1.82, 2.24) is 4.31 Å². The van der Waals surface area contributed by atoms with Crippen LogP contribution in [0.25, 0.3) is 11.0 Å². The van der Waals surface area contributed by atoms with Gasteiger partial charge in [-0.25, -0.2) is 8.42 Å². The molecule has 0 saturated carbocycles. The molecule has 0 aliphatic carbocycles. The lowest BCUT2D eigenvalue weighted by molar-refractivity contribution is -0.384. The minimum absolute atomic E-state index is 0.0106. The maximum atomic E-state index is 12.8. The Hall–Kier alpha value is -2.71. The monoisotopic (exact) mass is 360 g/mol. The molecule has 3 rings (SSSR count). The molecule has 0 spiro atoms. The van der Waals surface area contributed by atoms with Crippen LogP contribution >= 0.6 is 0 Å². The first-order chi connectivity index (χ1) is 11.8. The number of benzene rings is 2. The number of para-hydroxylation sites is 1. The Labute approximate surface area is 144 Å². The fraction of sp³-hybridized carbons (Fsp3) is 0.176. The van der Waals surface area contributed by atoms with Crippen molar-refractivity contribution < 1.29 is 17.8 Å². The quantitative estimate of drug-likeness (QED) is 0.510. The van der Waals surface area contributed by atoms with Gasteiger partial charge in [-0.05, 0) is 31.2 Å². The van der Waals surface area contributed by atoms with Gasteiger partial charge in [0, 0.05) is 24.6 Å². The van der Waals surface area contributed by atoms with Crippen LogP contribution in [0.5, 0.6) is 0 Å². The SMILES string of the molecule is C[C@@H](c1cc2ccccc2o1)N(C)S(=O)(=O)c1ccc([N+](=O)[O-])cc1. The molecule has 0 N–H and O–H groups in total. The lowest BCUT2D eigenvalue weighted by Crippen LogP contribution is -2.29. The molecule has 8 heteroatoms. The van der Waals surface area contributed by atoms with Crippen molar-refractivity contribution in [3.63, 3.8) is 0 Å². The van der Waals surface area contributed by atoms with Gasteiger partial charge in [-0.15, -0.1) is 0 Å². The second-order valence-corrected chi connectivity index (χ2v) is 7.63. The lowest BCUT2D eigenvalue weighted by Gasteiger charge is -2.22. The summed E-state index contributed by atoms with van der Waals surface area (Å²) in [5.41, 5.74) is 0.525. The first-order valence-corrected chi connectivity index (χ1v) is 8.95. The molecule has 0 bridgehead atoms. The van der Waals surface area contributed by atoms with Crippen LogP contribution in [0.3, 0.4) is 0 Å². The predicted molar refractivity (Wildman–Crippen MR) is 92.7 cm³/mol. The molecule has 0 saturated heterocycles. The standard InChI is InChI=1S/C17H16N2O5S/c1-12(17-11-13-5-3-4-6-16(13)24-17)18(2)25(22,23)15-9-7-14(8-10-15)19(20)21/h3-12H,1-2H3/t12-/m0/s1. The van der Waals surface area contributed by atoms with E-state index in [1.807, 2.05) is 30.3 Å². The number of sulfonamides is 1. The van der Waals surface area contributed by atoms with E-state index >= 15 is 0 Å². The Kier molecular flexibility index (Phi) is 4.32. The zero-order valence-corrected chi connectivity index (χ0v) is 14.4. The molecular formula is C17H16N2O5S. The summed E-state index contributed by atoms with van der Waals surface area (Å²) in [6.45, 7) is 1.72. The van der Waals surface area contributed by atoms with E-state index in [0.717, 1.165) is 5.39 Å². The molecule has 0 aliphatic heterocycles. The van der Waals surface area contributed by atoms with E-state index in [1.54, 1.807) is 6.92 Å². The maximum Gasteiger partial charge on any atom is 0.269 e. The van der Waals surface area contributed by atoms with E-state index in [0.29, 0.717) is 11.3 Å². The average Bonchev–Trinajstić information content (AvgIpc) is 3.04. The largest absolute Gasteiger partial charge is 0.459 e. The van der Waals surface area contributed by atoms with Crippen LogP contribution in [0, 0.1) is 10.1 Å². The molecular weight excluding hydrogens is 344 g/mol. The van der Waals surface area contributed by atoms with E-state index < -0.39 is 21.0 Å². The third-order valence-corrected chi connectivity index (χ3v) is 6.07. The van der Waals surface area contributed by atoms with Crippen LogP contribution in [-0.4, -0.2) is 24.7 Å². The molecule has 130 valence electrons. The van der Waals surface area contributed by atoms with Gasteiger partial charge < -0.3 is 4.42 Å². The van der Waals surface area contributed by atoms with Gasteiger partial charge in [0.05, 0.1) is 15.9 Å². The molecule has 2 aromatic carbocycles. The van der Waals surface area contributed by atoms with Crippen LogP contribution < -0.4 is 0 Å². The minimum Gasteiger partial charge on any atom is -0.459 e. The van der Waals surface area contributed by atoms with E-state index in [9.17, 15) is 18.5 Å². The summed E-state index contributed by atoms with van der Waals surface area (Å²) in [7, 11) is -2.36. The fourth-order valence-corrected chi connectivity index (χ4v) is 3.83. The second kappa shape index (κ2) is 6.30. The predicted octanol–water partition coefficient (Wildman–Crippen LogP) is 3.72. The molecule has 0 unspecified atom stereocenters. The highest BCUT2D eigenvalue weighted by atomic mass is 32.2. The average molecular weight is 360 g/mol. The molecule has 0 fully saturated rings. The Bertz CT molecular complexity index is 992. The Balaban J connectivity index is 1.91. The van der Waals surface area contributed by atoms with Gasteiger partial charge >= 0.3 is 0 Å². The number of hydrogen-bond acceptors (Lipinski definition) is 5. The van der Waals surface area contributed by atoms with Crippen molar-refractivity contribution in [2.45, 2.75) is 17.9 Å². The first-order valence-electron chi connectivity index (χ1n) is 7.51. The minimum atomic E-state index is -3.82. The number of rotatable bonds is 5. The number of nitrogens with zero attached hydrogens (tertiary/aromatic N) is 2. The Morgan fingerprint density at radius 2 is 1.76 bits per heavy atom. The Morgan fingerprint density at radius 1 is 1.12 bits per heavy atom. The number of furan rings is 1. The molecule has 0 amide bonds. The van der Waals surface area contributed by atoms with Crippen LogP contribution in [0.15, 0.2) is 63.9 Å². The molecule has 25 heavy (non-hydrogen) atoms. The summed E-state index contributed by atoms with van der Waals surface area (Å²) in [6.07, 6.45) is 0. The third-order valence-electron chi connectivity index (χ3n) is 4.13. The van der Waals surface area contributed by atoms with Crippen molar-refractivity contribution >= 4 is 26.7 Å². The summed E-state index contributed by atoms with van der Waals surface area (Å²) in [5.74, 6) is 0.522. The highest BCUT2D eigenvalue weighted by molar-refractivity contribution is 7.89. The van der Waals surface area contributed by atoms with E-state index in [4.69, 9.17) is 4.42 Å². The molecule has 1 aromatic heterocycles. The van der Waals surface area contributed by atoms with Crippen LogP contribution in [0.1, 0.15) is 18.7 Å². The maximum absolute atomic E-state index is 12.8. The third kappa shape index (κ3) is 3.13. The zero-order chi connectivity index (χ0) is 18.2. The van der Waals surface area contributed by atoms with Gasteiger partial charge in [-0.1, -0.05) is 18.2 Å². The highest BCUT2D eigenvalue weighted by Gasteiger charge is 2.28. The second-order valence-electron chi connectivity index (χ2n) is 5.63. The van der Waals surface area contributed by atoms with E-state index in [1.165, 1.54) is 35.6 Å². The van der Waals surface area contributed by atoms with Crippen LogP contribution in [0.2, 0.25) is 0 Å². The van der Waals surface area contributed by atoms with Crippen LogP contribution in [0.4, 0.5) is 5.69 Å². The van der Waals surface area contributed by atoms with Gasteiger partial charge in [0.25, 0.3) is 5.69 Å². The topological polar surface area (TPSA) is 93.7 Å². The summed E-state index contributed by atoms with van der Waals surface area (Å²) in [5, 5.41) is 11.6. The summed E-state index contributed by atoms with van der Waals surface area (Å²) < 4.78 is 32.4. The van der Waals surface area contributed by atoms with Gasteiger partial charge in [0.1, 0.15) is 11.3 Å². The summed E-state index contributed by atoms with van der Waals surface area (Å²) >= 11 is 0. The van der Waals surface area contributed by atoms with Crippen molar-refractivity contribution in [1.29, 1.82) is 0 Å². The van der Waals surface area contributed by atoms with Crippen molar-refractivity contribution in [3.8, 4) is 0 Å². The Morgan fingerprint density at radius 3 is 2.36 bits per heavy atom. The van der Waals surface area contributed by atoms with Gasteiger partial charge in [-0.3, -0.25) is 10.1 Å². The smallest absolute Gasteiger partial charge is 0.269 e. The zero-order valence-electron chi connectivity index (χ0n) is 13.6. The van der Waals surface area contributed by atoms with E-state index in [-0.39, 0.29) is 10.6 Å². The molecule has 0 radical (unpaired) electrons. The van der Waals surface area contributed by atoms with Crippen LogP contribution in [-0.2, 0) is 10.0 Å². The van der Waals surface area contributed by atoms with Crippen molar-refractivity contribution in [2.75, 3.05) is 7.05 Å². The number of hydrogen-bond donors (Lipinski definition) is 0. The van der Waals surface area contributed by atoms with Crippen molar-refractivity contribution in [2.24, 2.45) is 0 Å². The molecule has 0 aliphatic rings. The fourth-order valence-electron chi connectivity index (χ4n) is 2.50. The molecule has 1 atom stereocenters. The lowest BCUT2D eigenvalue weighted by atomic mass is 10.2. The number of nitro benzene ring substituents is 1.